The summed E-state index contributed by atoms with van der Waals surface area (Å²) >= 11 is 0. The number of nitrogens with zero attached hydrogens (tertiary/aromatic N) is 1. The number of carbonyl (C=O) groups excluding carboxylic acids is 1. The average molecular weight is 294 g/mol. The standard InChI is InChI=1S/C15H19FN2O3/c16-13-7-11(14-12(8-13)9-20-10-21-14)3-4-17-15(19)18-5-1-2-6-18/h7-8H,1-6,9-10H2,(H,17,19). The summed E-state index contributed by atoms with van der Waals surface area (Å²) in [7, 11) is 0. The van der Waals surface area contributed by atoms with Crippen LogP contribution in [-0.2, 0) is 17.8 Å². The first-order chi connectivity index (χ1) is 10.2. The Morgan fingerprint density at radius 1 is 1.33 bits per heavy atom. The maximum absolute atomic E-state index is 13.6. The van der Waals surface area contributed by atoms with E-state index in [1.54, 1.807) is 0 Å². The summed E-state index contributed by atoms with van der Waals surface area (Å²) in [6.07, 6.45) is 2.68. The lowest BCUT2D eigenvalue weighted by atomic mass is 10.1. The smallest absolute Gasteiger partial charge is 0.317 e. The molecule has 5 nitrogen and oxygen atoms in total. The van der Waals surface area contributed by atoms with E-state index in [0.717, 1.165) is 37.1 Å². The first-order valence-electron chi connectivity index (χ1n) is 7.28. The molecule has 0 unspecified atom stereocenters. The fourth-order valence-corrected chi connectivity index (χ4v) is 2.78. The molecule has 1 N–H and O–H groups in total. The third-order valence-corrected chi connectivity index (χ3v) is 3.82. The van der Waals surface area contributed by atoms with E-state index in [1.807, 2.05) is 4.90 Å². The topological polar surface area (TPSA) is 50.8 Å². The Morgan fingerprint density at radius 3 is 2.95 bits per heavy atom. The van der Waals surface area contributed by atoms with Gasteiger partial charge in [-0.15, -0.1) is 0 Å². The highest BCUT2D eigenvalue weighted by atomic mass is 19.1. The van der Waals surface area contributed by atoms with Crippen molar-refractivity contribution in [1.82, 2.24) is 10.2 Å². The van der Waals surface area contributed by atoms with Gasteiger partial charge in [-0.25, -0.2) is 9.18 Å². The van der Waals surface area contributed by atoms with Gasteiger partial charge in [-0.1, -0.05) is 0 Å². The van der Waals surface area contributed by atoms with Crippen molar-refractivity contribution >= 4 is 6.03 Å². The van der Waals surface area contributed by atoms with E-state index >= 15 is 0 Å². The third-order valence-electron chi connectivity index (χ3n) is 3.82. The van der Waals surface area contributed by atoms with Crippen molar-refractivity contribution in [3.8, 4) is 5.75 Å². The molecule has 0 atom stereocenters. The number of fused-ring (bicyclic) bond motifs is 1. The van der Waals surface area contributed by atoms with E-state index in [2.05, 4.69) is 5.32 Å². The van der Waals surface area contributed by atoms with Gasteiger partial charge in [0.15, 0.2) is 6.79 Å². The molecule has 0 bridgehead atoms. The first kappa shape index (κ1) is 14.1. The molecule has 6 heteroatoms. The normalized spacial score (nSPS) is 17.3. The van der Waals surface area contributed by atoms with E-state index in [4.69, 9.17) is 9.47 Å². The fourth-order valence-electron chi connectivity index (χ4n) is 2.78. The molecule has 1 aromatic carbocycles. The molecule has 1 aromatic rings. The quantitative estimate of drug-likeness (QED) is 0.928. The van der Waals surface area contributed by atoms with Gasteiger partial charge in [0.25, 0.3) is 0 Å². The second-order valence-corrected chi connectivity index (χ2v) is 5.34. The molecular formula is C15H19FN2O3. The van der Waals surface area contributed by atoms with Crippen molar-refractivity contribution in [1.29, 1.82) is 0 Å². The minimum atomic E-state index is -0.302. The molecule has 0 radical (unpaired) electrons. The number of rotatable bonds is 3. The molecule has 0 saturated carbocycles. The lowest BCUT2D eigenvalue weighted by molar-refractivity contribution is -0.0172. The van der Waals surface area contributed by atoms with Crippen LogP contribution in [0.25, 0.3) is 0 Å². The molecule has 0 aliphatic carbocycles. The van der Waals surface area contributed by atoms with E-state index in [9.17, 15) is 9.18 Å². The van der Waals surface area contributed by atoms with Crippen LogP contribution in [0, 0.1) is 5.82 Å². The summed E-state index contributed by atoms with van der Waals surface area (Å²) in [5.41, 5.74) is 1.50. The molecule has 0 aromatic heterocycles. The van der Waals surface area contributed by atoms with Crippen LogP contribution in [0.4, 0.5) is 9.18 Å². The zero-order valence-corrected chi connectivity index (χ0v) is 11.9. The van der Waals surface area contributed by atoms with Crippen LogP contribution in [0.5, 0.6) is 5.75 Å². The number of halogens is 1. The number of hydrogen-bond acceptors (Lipinski definition) is 3. The molecule has 3 rings (SSSR count). The van der Waals surface area contributed by atoms with Gasteiger partial charge in [0.1, 0.15) is 11.6 Å². The number of nitrogens with one attached hydrogen (secondary N) is 1. The largest absolute Gasteiger partial charge is 0.467 e. The molecule has 21 heavy (non-hydrogen) atoms. The van der Waals surface area contributed by atoms with Crippen LogP contribution in [0.1, 0.15) is 24.0 Å². The molecular weight excluding hydrogens is 275 g/mol. The maximum atomic E-state index is 13.6. The minimum Gasteiger partial charge on any atom is -0.467 e. The second kappa shape index (κ2) is 6.30. The average Bonchev–Trinajstić information content (AvgIpc) is 3.01. The molecule has 2 aliphatic rings. The van der Waals surface area contributed by atoms with Gasteiger partial charge in [0.05, 0.1) is 6.61 Å². The molecule has 2 heterocycles. The van der Waals surface area contributed by atoms with Crippen LogP contribution in [0.15, 0.2) is 12.1 Å². The summed E-state index contributed by atoms with van der Waals surface area (Å²) in [6, 6.07) is 2.86. The van der Waals surface area contributed by atoms with Crippen molar-refractivity contribution in [3.63, 3.8) is 0 Å². The number of urea groups is 1. The Hall–Kier alpha value is -1.82. The van der Waals surface area contributed by atoms with E-state index in [0.29, 0.717) is 25.3 Å². The summed E-state index contributed by atoms with van der Waals surface area (Å²) in [5, 5.41) is 2.88. The van der Waals surface area contributed by atoms with E-state index in [1.165, 1.54) is 12.1 Å². The van der Waals surface area contributed by atoms with Gasteiger partial charge < -0.3 is 19.7 Å². The van der Waals surface area contributed by atoms with Gasteiger partial charge >= 0.3 is 6.03 Å². The predicted molar refractivity (Wildman–Crippen MR) is 74.6 cm³/mol. The van der Waals surface area contributed by atoms with Gasteiger partial charge in [-0.05, 0) is 37.0 Å². The lowest BCUT2D eigenvalue weighted by Gasteiger charge is -2.21. The SMILES string of the molecule is O=C(NCCc1cc(F)cc2c1OCOC2)N1CCCC1. The number of likely N-dealkylation sites (tertiary alicyclic amines) is 1. The lowest BCUT2D eigenvalue weighted by Crippen LogP contribution is -2.38. The number of amides is 2. The zero-order chi connectivity index (χ0) is 14.7. The molecule has 1 fully saturated rings. The number of hydrogen-bond donors (Lipinski definition) is 1. The second-order valence-electron chi connectivity index (χ2n) is 5.34. The Labute approximate surface area is 123 Å². The summed E-state index contributed by atoms with van der Waals surface area (Å²) in [4.78, 5) is 13.7. The van der Waals surface area contributed by atoms with E-state index < -0.39 is 0 Å². The number of carbonyl (C=O) groups is 1. The van der Waals surface area contributed by atoms with Crippen LogP contribution < -0.4 is 10.1 Å². The molecule has 2 aliphatic heterocycles. The first-order valence-corrected chi connectivity index (χ1v) is 7.28. The third kappa shape index (κ3) is 3.26. The van der Waals surface area contributed by atoms with Gasteiger partial charge in [-0.2, -0.15) is 0 Å². The van der Waals surface area contributed by atoms with Crippen molar-refractivity contribution in [2.24, 2.45) is 0 Å². The van der Waals surface area contributed by atoms with Crippen molar-refractivity contribution in [2.45, 2.75) is 25.9 Å². The zero-order valence-electron chi connectivity index (χ0n) is 11.9. The van der Waals surface area contributed by atoms with Crippen molar-refractivity contribution in [2.75, 3.05) is 26.4 Å². The molecule has 0 spiro atoms. The molecule has 2 amide bonds. The van der Waals surface area contributed by atoms with Gasteiger partial charge in [0, 0.05) is 25.2 Å². The summed E-state index contributed by atoms with van der Waals surface area (Å²) in [6.45, 7) is 2.66. The van der Waals surface area contributed by atoms with Crippen molar-refractivity contribution in [3.05, 3.63) is 29.1 Å². The Morgan fingerprint density at radius 2 is 2.14 bits per heavy atom. The van der Waals surface area contributed by atoms with Crippen LogP contribution in [0.2, 0.25) is 0 Å². The predicted octanol–water partition coefficient (Wildman–Crippen LogP) is 2.04. The fraction of sp³-hybridized carbons (Fsp3) is 0.533. The maximum Gasteiger partial charge on any atom is 0.317 e. The van der Waals surface area contributed by atoms with Gasteiger partial charge in [-0.3, -0.25) is 0 Å². The highest BCUT2D eigenvalue weighted by Crippen LogP contribution is 2.29. The van der Waals surface area contributed by atoms with Crippen molar-refractivity contribution < 1.29 is 18.7 Å². The summed E-state index contributed by atoms with van der Waals surface area (Å²) in [5.74, 6) is 0.391. The van der Waals surface area contributed by atoms with Crippen LogP contribution in [0.3, 0.4) is 0 Å². The van der Waals surface area contributed by atoms with Crippen LogP contribution >= 0.6 is 0 Å². The Bertz CT molecular complexity index is 530. The van der Waals surface area contributed by atoms with Crippen LogP contribution in [-0.4, -0.2) is 37.4 Å². The Balaban J connectivity index is 1.60. The summed E-state index contributed by atoms with van der Waals surface area (Å²) < 4.78 is 24.2. The highest BCUT2D eigenvalue weighted by Gasteiger charge is 2.19. The molecule has 1 saturated heterocycles. The number of ether oxygens (including phenoxy) is 2. The molecule has 114 valence electrons. The minimum absolute atomic E-state index is 0.0398. The number of benzene rings is 1. The highest BCUT2D eigenvalue weighted by molar-refractivity contribution is 5.74. The Kier molecular flexibility index (Phi) is 4.24. The monoisotopic (exact) mass is 294 g/mol. The van der Waals surface area contributed by atoms with Gasteiger partial charge in [0.2, 0.25) is 0 Å². The van der Waals surface area contributed by atoms with E-state index in [-0.39, 0.29) is 18.6 Å².